The molecule has 72 valence electrons. The van der Waals surface area contributed by atoms with Gasteiger partial charge in [0.25, 0.3) is 0 Å². The normalized spacial score (nSPS) is 18.6. The third-order valence-electron chi connectivity index (χ3n) is 2.44. The van der Waals surface area contributed by atoms with E-state index in [4.69, 9.17) is 4.18 Å². The van der Waals surface area contributed by atoms with Crippen molar-refractivity contribution < 1.29 is 37.2 Å². The fourth-order valence-corrected chi connectivity index (χ4v) is 9.97. The van der Waals surface area contributed by atoms with E-state index in [1.165, 1.54) is 8.64 Å². The molecule has 0 saturated heterocycles. The molecule has 0 aromatic heterocycles. The van der Waals surface area contributed by atoms with Gasteiger partial charge in [-0.15, -0.1) is 0 Å². The van der Waals surface area contributed by atoms with Crippen molar-refractivity contribution in [3.63, 3.8) is 0 Å². The molecule has 0 amide bonds. The Balaban J connectivity index is 2.60. The summed E-state index contributed by atoms with van der Waals surface area (Å²) in [5.41, 5.74) is 1.24. The van der Waals surface area contributed by atoms with Crippen molar-refractivity contribution in [3.05, 3.63) is 23.8 Å². The summed E-state index contributed by atoms with van der Waals surface area (Å²) in [6.45, 7) is 2.43. The van der Waals surface area contributed by atoms with E-state index >= 15 is 0 Å². The van der Waals surface area contributed by atoms with Gasteiger partial charge in [-0.25, -0.2) is 0 Å². The van der Waals surface area contributed by atoms with Crippen LogP contribution in [0, 0.1) is 6.92 Å². The minimum atomic E-state index is -3.46. The predicted octanol–water partition coefficient (Wildman–Crippen LogP) is 0.840. The van der Waals surface area contributed by atoms with Crippen LogP contribution in [0.4, 0.5) is 0 Å². The molecular weight excluding hydrogens is 389 g/mol. The van der Waals surface area contributed by atoms with Gasteiger partial charge in [0.05, 0.1) is 0 Å². The predicted molar refractivity (Wildman–Crippen MR) is 48.8 cm³/mol. The van der Waals surface area contributed by atoms with Crippen LogP contribution in [0.2, 0.25) is 3.93 Å². The monoisotopic (exact) mass is 400 g/mol. The summed E-state index contributed by atoms with van der Waals surface area (Å²) in [6, 6.07) is 5.33. The Hall–Kier alpha value is 0.0651. The fourth-order valence-electron chi connectivity index (χ4n) is 1.57. The van der Waals surface area contributed by atoms with E-state index in [0.717, 1.165) is 3.93 Å². The zero-order valence-corrected chi connectivity index (χ0v) is 14.3. The van der Waals surface area contributed by atoms with Gasteiger partial charge in [0.1, 0.15) is 0 Å². The Kier molecular flexibility index (Phi) is 2.95. The Morgan fingerprint density at radius 1 is 1.43 bits per heavy atom. The quantitative estimate of drug-likeness (QED) is 0.480. The number of fused-ring (bicyclic) bond motifs is 2. The first-order valence-corrected chi connectivity index (χ1v) is 12.6. The minimum absolute atomic E-state index is 0.331. The van der Waals surface area contributed by atoms with Crippen molar-refractivity contribution >= 4 is 13.2 Å². The molecule has 0 fully saturated rings. The fraction of sp³-hybridized carbons (Fsp3) is 0.333. The second-order valence-electron chi connectivity index (χ2n) is 3.47. The molecule has 2 bridgehead atoms. The Labute approximate surface area is 96.0 Å². The molecule has 5 heteroatoms. The molecule has 0 spiro atoms. The number of hydrogen-bond donors (Lipinski definition) is 0. The summed E-state index contributed by atoms with van der Waals surface area (Å²) in [5.74, 6) is 0. The molecule has 14 heavy (non-hydrogen) atoms. The van der Waals surface area contributed by atoms with Gasteiger partial charge in [-0.05, 0) is 0 Å². The molecule has 0 radical (unpaired) electrons. The van der Waals surface area contributed by atoms with Gasteiger partial charge in [0.2, 0.25) is 0 Å². The summed E-state index contributed by atoms with van der Waals surface area (Å²) < 4.78 is 30.2. The summed E-state index contributed by atoms with van der Waals surface area (Å²) in [6.07, 6.45) is 0. The first-order valence-electron chi connectivity index (χ1n) is 4.58. The number of hydrogen-bond acceptors (Lipinski definition) is 3. The van der Waals surface area contributed by atoms with Crippen molar-refractivity contribution in [1.29, 1.82) is 0 Å². The molecule has 1 aromatic rings. The second kappa shape index (κ2) is 3.91. The second-order valence-corrected chi connectivity index (χ2v) is 12.7. The molecule has 0 aliphatic carbocycles. The number of aryl methyl sites for hydroxylation is 1. The molecule has 3 nitrogen and oxygen atoms in total. The van der Waals surface area contributed by atoms with Gasteiger partial charge in [0.15, 0.2) is 0 Å². The van der Waals surface area contributed by atoms with Crippen LogP contribution in [0.3, 0.4) is 0 Å². The van der Waals surface area contributed by atoms with Crippen LogP contribution >= 0.6 is 0 Å². The van der Waals surface area contributed by atoms with E-state index < -0.39 is 34.7 Å². The van der Waals surface area contributed by atoms with E-state index in [-0.39, 0.29) is 0 Å². The summed E-state index contributed by atoms with van der Waals surface area (Å²) in [5, 5.41) is 0. The van der Waals surface area contributed by atoms with Crippen LogP contribution in [0.25, 0.3) is 0 Å². The third-order valence-corrected chi connectivity index (χ3v) is 11.3. The van der Waals surface area contributed by atoms with Crippen LogP contribution < -0.4 is 3.07 Å². The van der Waals surface area contributed by atoms with Crippen LogP contribution in [-0.4, -0.2) is 15.0 Å². The van der Waals surface area contributed by atoms with Crippen molar-refractivity contribution in [2.75, 3.05) is 6.61 Å². The van der Waals surface area contributed by atoms with Gasteiger partial charge >= 0.3 is 96.5 Å². The van der Waals surface area contributed by atoms with E-state index in [2.05, 4.69) is 0 Å². The maximum absolute atomic E-state index is 11.5. The summed E-state index contributed by atoms with van der Waals surface area (Å²) in [7, 11) is -3.46. The molecule has 1 aromatic carbocycles. The maximum atomic E-state index is 11.5. The Morgan fingerprint density at radius 3 is 3.00 bits per heavy atom. The molecule has 0 saturated carbocycles. The van der Waals surface area contributed by atoms with Crippen molar-refractivity contribution in [3.8, 4) is 0 Å². The van der Waals surface area contributed by atoms with Gasteiger partial charge < -0.3 is 0 Å². The molecule has 0 atom stereocenters. The van der Waals surface area contributed by atoms with Gasteiger partial charge in [-0.2, -0.15) is 0 Å². The van der Waals surface area contributed by atoms with Crippen LogP contribution in [-0.2, 0) is 38.9 Å². The van der Waals surface area contributed by atoms with E-state index in [1.807, 2.05) is 19.1 Å². The molecular formula is C9H10HgO3S. The zero-order valence-electron chi connectivity index (χ0n) is 7.99. The van der Waals surface area contributed by atoms with Crippen molar-refractivity contribution in [1.82, 2.24) is 0 Å². The number of rotatable bonds is 0. The van der Waals surface area contributed by atoms with Gasteiger partial charge in [-0.3, -0.25) is 0 Å². The van der Waals surface area contributed by atoms with E-state index in [9.17, 15) is 8.42 Å². The average molecular weight is 399 g/mol. The van der Waals surface area contributed by atoms with Crippen molar-refractivity contribution in [2.45, 2.75) is 15.7 Å². The van der Waals surface area contributed by atoms with Crippen LogP contribution in [0.5, 0.6) is 0 Å². The van der Waals surface area contributed by atoms with E-state index in [0.29, 0.717) is 11.5 Å². The van der Waals surface area contributed by atoms with Crippen LogP contribution in [0.15, 0.2) is 23.1 Å². The average Bonchev–Trinajstić information content (AvgIpc) is 2.12. The summed E-state index contributed by atoms with van der Waals surface area (Å²) in [4.78, 5) is 0.331. The topological polar surface area (TPSA) is 43.4 Å². The first-order chi connectivity index (χ1) is 6.59. The first kappa shape index (κ1) is 10.6. The van der Waals surface area contributed by atoms with Gasteiger partial charge in [0, 0.05) is 0 Å². The Morgan fingerprint density at radius 2 is 2.21 bits per heavy atom. The van der Waals surface area contributed by atoms with E-state index in [1.54, 1.807) is 6.07 Å². The van der Waals surface area contributed by atoms with Crippen LogP contribution in [0.1, 0.15) is 5.56 Å². The molecule has 2 rings (SSSR count). The van der Waals surface area contributed by atoms with Gasteiger partial charge in [-0.1, -0.05) is 0 Å². The summed E-state index contributed by atoms with van der Waals surface area (Å²) >= 11 is -1.09. The van der Waals surface area contributed by atoms with Crippen molar-refractivity contribution in [2.24, 2.45) is 0 Å². The molecule has 1 aliphatic heterocycles. The number of benzene rings is 1. The molecule has 1 heterocycles. The zero-order chi connectivity index (χ0) is 10.2. The molecule has 0 unspecified atom stereocenters. The molecule has 0 N–H and O–H groups in total. The third kappa shape index (κ3) is 2.02. The Bertz CT molecular complexity index is 453. The molecule has 1 aliphatic rings. The SMILES string of the molecule is Cc1ccc2c[c]1[Hg][CH2]COS2(=O)=O. The standard InChI is InChI=1S/C9H10O3S.Hg/c1-3-12-13(10,11)9-6-4-8(2)5-7-9;/h4,6-7H,1,3H2,2H3;.